The van der Waals surface area contributed by atoms with Crippen molar-refractivity contribution in [3.8, 4) is 0 Å². The number of rotatable bonds is 6. The van der Waals surface area contributed by atoms with E-state index in [9.17, 15) is 9.90 Å². The molecule has 0 saturated carbocycles. The zero-order valence-electron chi connectivity index (χ0n) is 12.1. The fraction of sp³-hybridized carbons (Fsp3) is 0.714. The van der Waals surface area contributed by atoms with Crippen LogP contribution in [0.4, 0.5) is 0 Å². The molecule has 1 aliphatic heterocycles. The quantitative estimate of drug-likeness (QED) is 0.874. The Morgan fingerprint density at radius 1 is 1.40 bits per heavy atom. The minimum atomic E-state index is -0.849. The number of hydrogen-bond donors (Lipinski definition) is 1. The predicted molar refractivity (Wildman–Crippen MR) is 78.5 cm³/mol. The van der Waals surface area contributed by atoms with Crippen molar-refractivity contribution in [3.63, 3.8) is 0 Å². The largest absolute Gasteiger partial charge is 0.477 e. The molecule has 5 nitrogen and oxygen atoms in total. The van der Waals surface area contributed by atoms with Crippen molar-refractivity contribution in [1.29, 1.82) is 0 Å². The van der Waals surface area contributed by atoms with Gasteiger partial charge in [-0.05, 0) is 12.8 Å². The molecule has 1 aromatic rings. The van der Waals surface area contributed by atoms with E-state index < -0.39 is 5.97 Å². The molecular formula is C14H22N2O3S. The summed E-state index contributed by atoms with van der Waals surface area (Å²) in [6, 6.07) is 0. The van der Waals surface area contributed by atoms with E-state index in [1.807, 2.05) is 0 Å². The Hall–Kier alpha value is -0.980. The van der Waals surface area contributed by atoms with Gasteiger partial charge in [-0.3, -0.25) is 4.90 Å². The number of hydrogen-bond acceptors (Lipinski definition) is 5. The van der Waals surface area contributed by atoms with Crippen LogP contribution in [0, 0.1) is 0 Å². The number of nitrogens with zero attached hydrogens (tertiary/aromatic N) is 2. The molecule has 1 saturated heterocycles. The highest BCUT2D eigenvalue weighted by Crippen LogP contribution is 2.30. The minimum absolute atomic E-state index is 0.246. The Morgan fingerprint density at radius 2 is 2.05 bits per heavy atom. The number of ether oxygens (including phenoxy) is 1. The van der Waals surface area contributed by atoms with E-state index in [1.54, 1.807) is 0 Å². The lowest BCUT2D eigenvalue weighted by molar-refractivity contribution is 0.0341. The van der Waals surface area contributed by atoms with Crippen molar-refractivity contribution in [2.75, 3.05) is 26.3 Å². The third-order valence-electron chi connectivity index (χ3n) is 3.73. The number of thiazole rings is 1. The van der Waals surface area contributed by atoms with Gasteiger partial charge in [0, 0.05) is 19.0 Å². The Labute approximate surface area is 123 Å². The first-order valence-corrected chi connectivity index (χ1v) is 8.00. The average molecular weight is 298 g/mol. The molecule has 6 heteroatoms. The van der Waals surface area contributed by atoms with Crippen LogP contribution < -0.4 is 0 Å². The molecule has 1 aromatic heterocycles. The van der Waals surface area contributed by atoms with Crippen LogP contribution in [0.25, 0.3) is 0 Å². The van der Waals surface area contributed by atoms with Gasteiger partial charge in [0.1, 0.15) is 9.88 Å². The maximum absolute atomic E-state index is 11.4. The van der Waals surface area contributed by atoms with Gasteiger partial charge in [0.05, 0.1) is 25.5 Å². The van der Waals surface area contributed by atoms with Gasteiger partial charge >= 0.3 is 5.97 Å². The summed E-state index contributed by atoms with van der Waals surface area (Å²) in [4.78, 5) is 18.7. The van der Waals surface area contributed by atoms with E-state index >= 15 is 0 Å². The zero-order chi connectivity index (χ0) is 14.5. The lowest BCUT2D eigenvalue weighted by Gasteiger charge is -2.25. The first-order chi connectivity index (χ1) is 9.65. The summed E-state index contributed by atoms with van der Waals surface area (Å²) in [5.41, 5.74) is 0.774. The molecule has 2 rings (SSSR count). The van der Waals surface area contributed by atoms with Gasteiger partial charge in [-0.2, -0.15) is 0 Å². The number of carboxylic acids is 1. The van der Waals surface area contributed by atoms with Gasteiger partial charge in [-0.15, -0.1) is 11.3 Å². The molecule has 0 radical (unpaired) electrons. The van der Waals surface area contributed by atoms with Gasteiger partial charge < -0.3 is 9.84 Å². The third kappa shape index (κ3) is 3.56. The van der Waals surface area contributed by atoms with Gasteiger partial charge in [0.2, 0.25) is 0 Å². The SMILES string of the molecule is CCC(CC)c1nc(CN2CCOCC2)sc1C(=O)O. The number of carboxylic acid groups (broad SMARTS) is 1. The summed E-state index contributed by atoms with van der Waals surface area (Å²) in [6.45, 7) is 8.17. The first kappa shape index (κ1) is 15.4. The molecule has 2 heterocycles. The smallest absolute Gasteiger partial charge is 0.347 e. The molecule has 0 aromatic carbocycles. The van der Waals surface area contributed by atoms with Gasteiger partial charge in [-0.25, -0.2) is 9.78 Å². The second-order valence-corrected chi connectivity index (χ2v) is 6.11. The van der Waals surface area contributed by atoms with Crippen molar-refractivity contribution in [2.24, 2.45) is 0 Å². The molecule has 0 unspecified atom stereocenters. The number of aromatic nitrogens is 1. The van der Waals surface area contributed by atoms with E-state index in [-0.39, 0.29) is 5.92 Å². The van der Waals surface area contributed by atoms with Crippen LogP contribution in [0.15, 0.2) is 0 Å². The second-order valence-electron chi connectivity index (χ2n) is 5.03. The zero-order valence-corrected chi connectivity index (χ0v) is 12.9. The van der Waals surface area contributed by atoms with Crippen LogP contribution in [-0.4, -0.2) is 47.3 Å². The maximum atomic E-state index is 11.4. The molecule has 0 amide bonds. The fourth-order valence-corrected chi connectivity index (χ4v) is 3.53. The number of morpholine rings is 1. The highest BCUT2D eigenvalue weighted by molar-refractivity contribution is 7.13. The van der Waals surface area contributed by atoms with Gasteiger partial charge in [-0.1, -0.05) is 13.8 Å². The van der Waals surface area contributed by atoms with Crippen molar-refractivity contribution < 1.29 is 14.6 Å². The molecule has 0 atom stereocenters. The van der Waals surface area contributed by atoms with Crippen LogP contribution in [0.2, 0.25) is 0 Å². The molecule has 20 heavy (non-hydrogen) atoms. The van der Waals surface area contributed by atoms with E-state index in [4.69, 9.17) is 4.74 Å². The van der Waals surface area contributed by atoms with Crippen molar-refractivity contribution in [2.45, 2.75) is 39.2 Å². The van der Waals surface area contributed by atoms with Gasteiger partial charge in [0.15, 0.2) is 0 Å². The average Bonchev–Trinajstić information content (AvgIpc) is 2.85. The first-order valence-electron chi connectivity index (χ1n) is 7.18. The number of aromatic carboxylic acids is 1. The van der Waals surface area contributed by atoms with Crippen LogP contribution in [0.5, 0.6) is 0 Å². The Bertz CT molecular complexity index is 451. The summed E-state index contributed by atoms with van der Waals surface area (Å²) in [6.07, 6.45) is 1.86. The van der Waals surface area contributed by atoms with Crippen LogP contribution in [0.3, 0.4) is 0 Å². The number of carbonyl (C=O) groups is 1. The van der Waals surface area contributed by atoms with E-state index in [0.717, 1.165) is 56.4 Å². The Balaban J connectivity index is 2.17. The summed E-state index contributed by atoms with van der Waals surface area (Å²) in [5, 5.41) is 10.3. The summed E-state index contributed by atoms with van der Waals surface area (Å²) >= 11 is 1.33. The van der Waals surface area contributed by atoms with Crippen molar-refractivity contribution in [3.05, 3.63) is 15.6 Å². The van der Waals surface area contributed by atoms with E-state index in [0.29, 0.717) is 4.88 Å². The Kier molecular flexibility index (Phi) is 5.51. The van der Waals surface area contributed by atoms with E-state index in [2.05, 4.69) is 23.7 Å². The lowest BCUT2D eigenvalue weighted by Crippen LogP contribution is -2.35. The summed E-state index contributed by atoms with van der Waals surface area (Å²) in [7, 11) is 0. The third-order valence-corrected chi connectivity index (χ3v) is 4.77. The minimum Gasteiger partial charge on any atom is -0.477 e. The van der Waals surface area contributed by atoms with Crippen LogP contribution >= 0.6 is 11.3 Å². The molecule has 0 aliphatic carbocycles. The molecule has 0 bridgehead atoms. The predicted octanol–water partition coefficient (Wildman–Crippen LogP) is 2.58. The second kappa shape index (κ2) is 7.15. The van der Waals surface area contributed by atoms with Crippen molar-refractivity contribution in [1.82, 2.24) is 9.88 Å². The molecule has 1 fully saturated rings. The highest BCUT2D eigenvalue weighted by atomic mass is 32.1. The molecule has 0 spiro atoms. The van der Waals surface area contributed by atoms with Crippen LogP contribution in [0.1, 0.15) is 53.0 Å². The summed E-state index contributed by atoms with van der Waals surface area (Å²) < 4.78 is 5.32. The normalized spacial score (nSPS) is 16.8. The standard InChI is InChI=1S/C14H22N2O3S/c1-3-10(4-2)12-13(14(17)18)20-11(15-12)9-16-5-7-19-8-6-16/h10H,3-9H2,1-2H3,(H,17,18). The Morgan fingerprint density at radius 3 is 2.60 bits per heavy atom. The molecule has 1 N–H and O–H groups in total. The topological polar surface area (TPSA) is 62.7 Å². The molecular weight excluding hydrogens is 276 g/mol. The maximum Gasteiger partial charge on any atom is 0.347 e. The fourth-order valence-electron chi connectivity index (χ4n) is 2.50. The van der Waals surface area contributed by atoms with E-state index in [1.165, 1.54) is 11.3 Å². The van der Waals surface area contributed by atoms with Crippen molar-refractivity contribution >= 4 is 17.3 Å². The lowest BCUT2D eigenvalue weighted by atomic mass is 9.98. The monoisotopic (exact) mass is 298 g/mol. The molecule has 112 valence electrons. The molecule has 1 aliphatic rings. The highest BCUT2D eigenvalue weighted by Gasteiger charge is 2.23. The van der Waals surface area contributed by atoms with Crippen LogP contribution in [-0.2, 0) is 11.3 Å². The summed E-state index contributed by atoms with van der Waals surface area (Å²) in [5.74, 6) is -0.603. The van der Waals surface area contributed by atoms with Gasteiger partial charge in [0.25, 0.3) is 0 Å².